The summed E-state index contributed by atoms with van der Waals surface area (Å²) in [5.74, 6) is -4.37. The molecule has 0 saturated carbocycles. The van der Waals surface area contributed by atoms with Gasteiger partial charge in [0.15, 0.2) is 6.61 Å². The second kappa shape index (κ2) is 11.2. The number of hydrogen-bond acceptors (Lipinski definition) is 7. The first-order chi connectivity index (χ1) is 21.9. The van der Waals surface area contributed by atoms with Crippen molar-refractivity contribution in [1.29, 1.82) is 0 Å². The number of imide groups is 1. The van der Waals surface area contributed by atoms with E-state index in [0.717, 1.165) is 27.2 Å². The predicted octanol–water partition coefficient (Wildman–Crippen LogP) is 5.06. The van der Waals surface area contributed by atoms with E-state index < -0.39 is 36.3 Å². The number of carbonyl (C=O) groups excluding carboxylic acids is 5. The number of anilines is 2. The van der Waals surface area contributed by atoms with Gasteiger partial charge in [-0.05, 0) is 65.6 Å². The van der Waals surface area contributed by atoms with Crippen LogP contribution in [0.25, 0.3) is 0 Å². The van der Waals surface area contributed by atoms with Gasteiger partial charge in [0, 0.05) is 17.5 Å². The highest BCUT2D eigenvalue weighted by Crippen LogP contribution is 2.61. The molecule has 1 heterocycles. The first kappa shape index (κ1) is 28.2. The summed E-state index contributed by atoms with van der Waals surface area (Å²) in [6.45, 7) is 1.35. The van der Waals surface area contributed by atoms with Crippen LogP contribution in [0, 0.1) is 11.8 Å². The lowest BCUT2D eigenvalue weighted by atomic mass is 9.55. The molecule has 0 aromatic heterocycles. The van der Waals surface area contributed by atoms with Crippen molar-refractivity contribution in [2.75, 3.05) is 23.4 Å². The average Bonchev–Trinajstić information content (AvgIpc) is 3.33. The van der Waals surface area contributed by atoms with E-state index >= 15 is 0 Å². The number of para-hydroxylation sites is 1. The van der Waals surface area contributed by atoms with Crippen molar-refractivity contribution in [3.63, 3.8) is 0 Å². The Morgan fingerprint density at radius 1 is 0.667 bits per heavy atom. The Balaban J connectivity index is 1.11. The van der Waals surface area contributed by atoms with Crippen molar-refractivity contribution in [3.8, 4) is 0 Å². The summed E-state index contributed by atoms with van der Waals surface area (Å²) in [6, 6.07) is 28.3. The summed E-state index contributed by atoms with van der Waals surface area (Å²) in [7, 11) is 0. The summed E-state index contributed by atoms with van der Waals surface area (Å²) >= 11 is 0. The summed E-state index contributed by atoms with van der Waals surface area (Å²) in [6.07, 6.45) is 0. The molecule has 4 aromatic rings. The minimum Gasteiger partial charge on any atom is -0.462 e. The fraction of sp³-hybridized carbons (Fsp3) is 0.194. The smallest absolute Gasteiger partial charge is 0.340 e. The van der Waals surface area contributed by atoms with Crippen molar-refractivity contribution in [2.24, 2.45) is 11.8 Å². The molecule has 224 valence electrons. The third-order valence-electron chi connectivity index (χ3n) is 8.83. The van der Waals surface area contributed by atoms with Crippen LogP contribution in [0.5, 0.6) is 0 Å². The van der Waals surface area contributed by atoms with Crippen LogP contribution >= 0.6 is 0 Å². The van der Waals surface area contributed by atoms with Crippen molar-refractivity contribution < 1.29 is 33.4 Å². The number of amides is 3. The molecule has 3 amide bonds. The van der Waals surface area contributed by atoms with Crippen molar-refractivity contribution in [3.05, 3.63) is 130 Å². The Kier molecular flexibility index (Phi) is 7.00. The fourth-order valence-electron chi connectivity index (χ4n) is 7.07. The second-order valence-corrected chi connectivity index (χ2v) is 11.2. The Labute approximate surface area is 258 Å². The minimum atomic E-state index is -0.844. The van der Waals surface area contributed by atoms with Crippen LogP contribution in [0.2, 0.25) is 0 Å². The quantitative estimate of drug-likeness (QED) is 0.233. The largest absolute Gasteiger partial charge is 0.462 e. The van der Waals surface area contributed by atoms with Crippen LogP contribution in [0.3, 0.4) is 0 Å². The lowest BCUT2D eigenvalue weighted by Gasteiger charge is -2.45. The Morgan fingerprint density at radius 3 is 1.71 bits per heavy atom. The molecule has 0 unspecified atom stereocenters. The molecule has 1 N–H and O–H groups in total. The van der Waals surface area contributed by atoms with Crippen LogP contribution in [-0.4, -0.2) is 42.9 Å². The number of nitrogens with zero attached hydrogens (tertiary/aromatic N) is 1. The number of carbonyl (C=O) groups is 5. The molecule has 8 rings (SSSR count). The van der Waals surface area contributed by atoms with E-state index in [9.17, 15) is 24.0 Å². The van der Waals surface area contributed by atoms with Crippen LogP contribution in [-0.2, 0) is 23.9 Å². The zero-order valence-corrected chi connectivity index (χ0v) is 24.3. The van der Waals surface area contributed by atoms with Gasteiger partial charge in [-0.2, -0.15) is 0 Å². The molecule has 45 heavy (non-hydrogen) atoms. The van der Waals surface area contributed by atoms with E-state index in [1.165, 1.54) is 30.3 Å². The number of hydrogen-bond donors (Lipinski definition) is 1. The Morgan fingerprint density at radius 2 is 1.18 bits per heavy atom. The SMILES string of the molecule is CCOC(=O)c1ccc(NC(=O)COC(=O)c2ccccc2N2C(=O)[C@@H]3C4c5ccccc5C(c5ccccc54)[C@@H]3C2=O)cc1. The zero-order chi connectivity index (χ0) is 31.2. The van der Waals surface area contributed by atoms with Gasteiger partial charge in [-0.1, -0.05) is 60.7 Å². The summed E-state index contributed by atoms with van der Waals surface area (Å²) in [4.78, 5) is 67.2. The van der Waals surface area contributed by atoms with E-state index in [-0.39, 0.29) is 41.5 Å². The van der Waals surface area contributed by atoms with Crippen molar-refractivity contribution in [2.45, 2.75) is 18.8 Å². The van der Waals surface area contributed by atoms with Gasteiger partial charge in [-0.3, -0.25) is 14.4 Å². The number of benzene rings is 4. The van der Waals surface area contributed by atoms with E-state index in [1.807, 2.05) is 48.5 Å². The zero-order valence-electron chi connectivity index (χ0n) is 24.3. The first-order valence-electron chi connectivity index (χ1n) is 14.8. The molecule has 9 heteroatoms. The number of esters is 2. The first-order valence-corrected chi connectivity index (χ1v) is 14.8. The normalized spacial score (nSPS) is 20.6. The van der Waals surface area contributed by atoms with Crippen LogP contribution < -0.4 is 10.2 Å². The van der Waals surface area contributed by atoms with Crippen LogP contribution in [0.15, 0.2) is 97.1 Å². The van der Waals surface area contributed by atoms with Gasteiger partial charge in [-0.15, -0.1) is 0 Å². The molecule has 4 aromatic carbocycles. The highest BCUT2D eigenvalue weighted by Gasteiger charge is 2.62. The van der Waals surface area contributed by atoms with Crippen molar-refractivity contribution in [1.82, 2.24) is 0 Å². The molecule has 0 radical (unpaired) electrons. The average molecular weight is 601 g/mol. The summed E-state index contributed by atoms with van der Waals surface area (Å²) in [5.41, 5.74) is 5.10. The molecular formula is C36H28N2O7. The van der Waals surface area contributed by atoms with E-state index in [2.05, 4.69) is 5.32 Å². The fourth-order valence-corrected chi connectivity index (χ4v) is 7.07. The molecule has 2 atom stereocenters. The third kappa shape index (κ3) is 4.59. The highest BCUT2D eigenvalue weighted by molar-refractivity contribution is 6.25. The highest BCUT2D eigenvalue weighted by atomic mass is 16.5. The maximum atomic E-state index is 14.2. The topological polar surface area (TPSA) is 119 Å². The number of rotatable bonds is 7. The van der Waals surface area contributed by atoms with Gasteiger partial charge < -0.3 is 14.8 Å². The molecule has 1 fully saturated rings. The monoisotopic (exact) mass is 600 g/mol. The predicted molar refractivity (Wildman–Crippen MR) is 164 cm³/mol. The van der Waals surface area contributed by atoms with Gasteiger partial charge in [0.05, 0.1) is 35.3 Å². The third-order valence-corrected chi connectivity index (χ3v) is 8.83. The number of nitrogens with one attached hydrogen (secondary N) is 1. The second-order valence-electron chi connectivity index (χ2n) is 11.2. The Bertz CT molecular complexity index is 1770. The molecule has 3 aliphatic carbocycles. The molecule has 2 bridgehead atoms. The number of ether oxygens (including phenoxy) is 2. The van der Waals surface area contributed by atoms with Gasteiger partial charge in [-0.25, -0.2) is 14.5 Å². The van der Waals surface area contributed by atoms with E-state index in [1.54, 1.807) is 25.1 Å². The van der Waals surface area contributed by atoms with Crippen LogP contribution in [0.1, 0.15) is 61.7 Å². The maximum Gasteiger partial charge on any atom is 0.340 e. The summed E-state index contributed by atoms with van der Waals surface area (Å²) in [5, 5.41) is 2.61. The standard InChI is InChI=1S/C36H28N2O7/c1-2-44-35(42)20-15-17-21(18-16-20)37-28(39)19-45-36(43)26-13-7-8-14-27(26)38-33(40)31-29-22-9-3-4-10-23(22)30(32(31)34(38)41)25-12-6-5-11-24(25)29/h3-18,29-32H,2,19H2,1H3,(H,37,39)/t29?,30?,31-,32+. The maximum absolute atomic E-state index is 14.2. The Hall–Kier alpha value is -5.57. The molecule has 0 spiro atoms. The van der Waals surface area contributed by atoms with Gasteiger partial charge in [0.1, 0.15) is 0 Å². The van der Waals surface area contributed by atoms with E-state index in [4.69, 9.17) is 9.47 Å². The van der Waals surface area contributed by atoms with Crippen molar-refractivity contribution >= 4 is 41.0 Å². The molecule has 1 aliphatic heterocycles. The lowest BCUT2D eigenvalue weighted by Crippen LogP contribution is -2.41. The van der Waals surface area contributed by atoms with Gasteiger partial charge in [0.2, 0.25) is 11.8 Å². The lowest BCUT2D eigenvalue weighted by molar-refractivity contribution is -0.122. The molecule has 4 aliphatic rings. The molecular weight excluding hydrogens is 572 g/mol. The summed E-state index contributed by atoms with van der Waals surface area (Å²) < 4.78 is 10.3. The van der Waals surface area contributed by atoms with Crippen LogP contribution in [0.4, 0.5) is 11.4 Å². The van der Waals surface area contributed by atoms with E-state index in [0.29, 0.717) is 11.3 Å². The minimum absolute atomic E-state index is 0.00631. The van der Waals surface area contributed by atoms with Gasteiger partial charge >= 0.3 is 11.9 Å². The molecule has 9 nitrogen and oxygen atoms in total. The van der Waals surface area contributed by atoms with Gasteiger partial charge in [0.25, 0.3) is 5.91 Å². The molecule has 1 saturated heterocycles.